The highest BCUT2D eigenvalue weighted by atomic mass is 79.9. The molecule has 0 amide bonds. The molecule has 0 saturated carbocycles. The molecule has 2 nitrogen and oxygen atoms in total. The molecule has 0 aliphatic carbocycles. The highest BCUT2D eigenvalue weighted by Crippen LogP contribution is 2.26. The molecule has 1 rings (SSSR count). The summed E-state index contributed by atoms with van der Waals surface area (Å²) >= 11 is 9.26. The Morgan fingerprint density at radius 2 is 2.29 bits per heavy atom. The molecule has 0 aliphatic heterocycles. The molecule has 0 aliphatic rings. The maximum atomic E-state index is 9.70. The molecule has 0 aromatic heterocycles. The first-order valence-electron chi connectivity index (χ1n) is 4.36. The average Bonchev–Trinajstić information content (AvgIpc) is 2.14. The Morgan fingerprint density at radius 1 is 1.57 bits per heavy atom. The molecule has 0 bridgehead atoms. The van der Waals surface area contributed by atoms with Crippen molar-refractivity contribution in [2.24, 2.45) is 0 Å². The highest BCUT2D eigenvalue weighted by molar-refractivity contribution is 9.10. The van der Waals surface area contributed by atoms with E-state index in [1.807, 2.05) is 13.0 Å². The lowest BCUT2D eigenvalue weighted by molar-refractivity contribution is 0.0421. The zero-order valence-corrected chi connectivity index (χ0v) is 10.2. The molecule has 1 unspecified atom stereocenters. The van der Waals surface area contributed by atoms with Crippen LogP contribution < -0.4 is 0 Å². The van der Waals surface area contributed by atoms with Gasteiger partial charge in [0.15, 0.2) is 0 Å². The molecular formula is C10H12BrClO2. The lowest BCUT2D eigenvalue weighted by Gasteiger charge is -2.12. The normalized spacial score (nSPS) is 12.9. The van der Waals surface area contributed by atoms with Gasteiger partial charge in [0.25, 0.3) is 0 Å². The molecule has 0 radical (unpaired) electrons. The summed E-state index contributed by atoms with van der Waals surface area (Å²) in [6.45, 7) is 2.75. The predicted octanol–water partition coefficient (Wildman–Crippen LogP) is 3.17. The van der Waals surface area contributed by atoms with Crippen molar-refractivity contribution in [3.8, 4) is 0 Å². The van der Waals surface area contributed by atoms with Crippen LogP contribution in [0, 0.1) is 0 Å². The molecule has 4 heteroatoms. The fourth-order valence-corrected chi connectivity index (χ4v) is 1.89. The van der Waals surface area contributed by atoms with Gasteiger partial charge in [-0.2, -0.15) is 0 Å². The van der Waals surface area contributed by atoms with Crippen LogP contribution in [-0.4, -0.2) is 18.3 Å². The second-order valence-electron chi connectivity index (χ2n) is 2.84. The van der Waals surface area contributed by atoms with Crippen molar-refractivity contribution in [1.29, 1.82) is 0 Å². The zero-order valence-electron chi connectivity index (χ0n) is 7.84. The van der Waals surface area contributed by atoms with E-state index in [9.17, 15) is 5.11 Å². The van der Waals surface area contributed by atoms with Gasteiger partial charge in [0.05, 0.1) is 6.61 Å². The summed E-state index contributed by atoms with van der Waals surface area (Å²) in [5.41, 5.74) is 0.698. The van der Waals surface area contributed by atoms with E-state index in [1.54, 1.807) is 12.1 Å². The van der Waals surface area contributed by atoms with E-state index >= 15 is 0 Å². The largest absolute Gasteiger partial charge is 0.386 e. The van der Waals surface area contributed by atoms with E-state index in [0.29, 0.717) is 17.2 Å². The van der Waals surface area contributed by atoms with Gasteiger partial charge in [-0.1, -0.05) is 33.6 Å². The van der Waals surface area contributed by atoms with Gasteiger partial charge in [-0.15, -0.1) is 0 Å². The van der Waals surface area contributed by atoms with Gasteiger partial charge in [0, 0.05) is 21.7 Å². The van der Waals surface area contributed by atoms with Crippen LogP contribution >= 0.6 is 27.5 Å². The van der Waals surface area contributed by atoms with Crippen molar-refractivity contribution >= 4 is 27.5 Å². The zero-order chi connectivity index (χ0) is 10.6. The van der Waals surface area contributed by atoms with E-state index < -0.39 is 6.10 Å². The summed E-state index contributed by atoms with van der Waals surface area (Å²) in [6.07, 6.45) is -0.657. The van der Waals surface area contributed by atoms with Crippen molar-refractivity contribution in [3.05, 3.63) is 33.3 Å². The van der Waals surface area contributed by atoms with Crippen molar-refractivity contribution in [2.45, 2.75) is 13.0 Å². The third-order valence-corrected chi connectivity index (χ3v) is 2.62. The molecule has 0 heterocycles. The molecular weight excluding hydrogens is 267 g/mol. The molecule has 0 spiro atoms. The van der Waals surface area contributed by atoms with Crippen LogP contribution in [0.5, 0.6) is 0 Å². The number of benzene rings is 1. The smallest absolute Gasteiger partial charge is 0.104 e. The van der Waals surface area contributed by atoms with Crippen LogP contribution in [0.3, 0.4) is 0 Å². The first-order valence-corrected chi connectivity index (χ1v) is 5.53. The Kier molecular flexibility index (Phi) is 4.89. The van der Waals surface area contributed by atoms with E-state index in [2.05, 4.69) is 15.9 Å². The maximum Gasteiger partial charge on any atom is 0.104 e. The first kappa shape index (κ1) is 12.0. The van der Waals surface area contributed by atoms with Crippen molar-refractivity contribution < 1.29 is 9.84 Å². The first-order chi connectivity index (χ1) is 6.65. The molecule has 14 heavy (non-hydrogen) atoms. The van der Waals surface area contributed by atoms with Gasteiger partial charge in [-0.3, -0.25) is 0 Å². The number of hydrogen-bond donors (Lipinski definition) is 1. The van der Waals surface area contributed by atoms with E-state index in [4.69, 9.17) is 16.3 Å². The third-order valence-electron chi connectivity index (χ3n) is 1.80. The van der Waals surface area contributed by atoms with Gasteiger partial charge >= 0.3 is 0 Å². The van der Waals surface area contributed by atoms with E-state index in [0.717, 1.165) is 4.47 Å². The minimum absolute atomic E-state index is 0.276. The molecule has 1 aromatic rings. The number of ether oxygens (including phenoxy) is 1. The summed E-state index contributed by atoms with van der Waals surface area (Å²) in [5, 5.41) is 10.2. The minimum Gasteiger partial charge on any atom is -0.386 e. The van der Waals surface area contributed by atoms with Crippen LogP contribution in [0.1, 0.15) is 18.6 Å². The van der Waals surface area contributed by atoms with Crippen molar-refractivity contribution in [1.82, 2.24) is 0 Å². The SMILES string of the molecule is CCOCC(O)c1ccc(Br)cc1Cl. The van der Waals surface area contributed by atoms with Gasteiger partial charge in [0.2, 0.25) is 0 Å². The number of aliphatic hydroxyl groups is 1. The predicted molar refractivity (Wildman–Crippen MR) is 60.6 cm³/mol. The average molecular weight is 280 g/mol. The minimum atomic E-state index is -0.657. The van der Waals surface area contributed by atoms with Gasteiger partial charge in [-0.05, 0) is 19.1 Å². The topological polar surface area (TPSA) is 29.5 Å². The van der Waals surface area contributed by atoms with Crippen LogP contribution in [0.25, 0.3) is 0 Å². The van der Waals surface area contributed by atoms with Gasteiger partial charge in [0.1, 0.15) is 6.10 Å². The Balaban J connectivity index is 2.74. The van der Waals surface area contributed by atoms with E-state index in [1.165, 1.54) is 0 Å². The molecule has 1 atom stereocenters. The fraction of sp³-hybridized carbons (Fsp3) is 0.400. The molecule has 78 valence electrons. The second-order valence-corrected chi connectivity index (χ2v) is 4.16. The Hall–Kier alpha value is -0.0900. The number of rotatable bonds is 4. The van der Waals surface area contributed by atoms with Crippen molar-refractivity contribution in [2.75, 3.05) is 13.2 Å². The number of halogens is 2. The summed E-state index contributed by atoms with van der Waals surface area (Å²) in [5.74, 6) is 0. The molecule has 0 saturated heterocycles. The summed E-state index contributed by atoms with van der Waals surface area (Å²) in [6, 6.07) is 5.39. The monoisotopic (exact) mass is 278 g/mol. The van der Waals surface area contributed by atoms with Crippen LogP contribution in [0.15, 0.2) is 22.7 Å². The summed E-state index contributed by atoms with van der Waals surface area (Å²) in [7, 11) is 0. The second kappa shape index (κ2) is 5.71. The summed E-state index contributed by atoms with van der Waals surface area (Å²) < 4.78 is 6.01. The Morgan fingerprint density at radius 3 is 2.86 bits per heavy atom. The lowest BCUT2D eigenvalue weighted by atomic mass is 10.1. The highest BCUT2D eigenvalue weighted by Gasteiger charge is 2.11. The maximum absolute atomic E-state index is 9.70. The molecule has 1 N–H and O–H groups in total. The molecule has 0 fully saturated rings. The summed E-state index contributed by atoms with van der Waals surface area (Å²) in [4.78, 5) is 0. The van der Waals surface area contributed by atoms with Crippen molar-refractivity contribution in [3.63, 3.8) is 0 Å². The van der Waals surface area contributed by atoms with Crippen LogP contribution in [0.2, 0.25) is 5.02 Å². The molecule has 1 aromatic carbocycles. The Bertz CT molecular complexity index is 304. The number of aliphatic hydroxyl groups excluding tert-OH is 1. The van der Waals surface area contributed by atoms with Crippen LogP contribution in [-0.2, 0) is 4.74 Å². The standard InChI is InChI=1S/C10H12BrClO2/c1-2-14-6-10(13)8-4-3-7(11)5-9(8)12/h3-5,10,13H,2,6H2,1H3. The van der Waals surface area contributed by atoms with Crippen LogP contribution in [0.4, 0.5) is 0 Å². The third kappa shape index (κ3) is 3.24. The van der Waals surface area contributed by atoms with Gasteiger partial charge in [-0.25, -0.2) is 0 Å². The fourth-order valence-electron chi connectivity index (χ4n) is 1.09. The quantitative estimate of drug-likeness (QED) is 0.917. The Labute approximate surface area is 97.0 Å². The van der Waals surface area contributed by atoms with Gasteiger partial charge < -0.3 is 9.84 Å². The van der Waals surface area contributed by atoms with E-state index in [-0.39, 0.29) is 6.61 Å². The number of hydrogen-bond acceptors (Lipinski definition) is 2. The lowest BCUT2D eigenvalue weighted by Crippen LogP contribution is -2.07.